The van der Waals surface area contributed by atoms with E-state index in [9.17, 15) is 4.79 Å². The summed E-state index contributed by atoms with van der Waals surface area (Å²) in [6.07, 6.45) is 0. The summed E-state index contributed by atoms with van der Waals surface area (Å²) in [5.74, 6) is 0.810. The molecule has 174 valence electrons. The second-order valence-electron chi connectivity index (χ2n) is 8.80. The van der Waals surface area contributed by atoms with Gasteiger partial charge >= 0.3 is 0 Å². The second-order valence-corrected chi connectivity index (χ2v) is 8.80. The minimum Gasteiger partial charge on any atom is -0.497 e. The number of benzene rings is 3. The number of piperazine rings is 1. The SMILES string of the molecule is COc1cccc(N2CCN(C(=O)c3cc4c([nH]c5ccccc54)c(-c4ccccc4)n3)CC2)c1. The number of methoxy groups -OCH3 is 1. The summed E-state index contributed by atoms with van der Waals surface area (Å²) in [6, 6.07) is 28.2. The van der Waals surface area contributed by atoms with E-state index in [1.807, 2.05) is 71.6 Å². The molecule has 1 aliphatic heterocycles. The van der Waals surface area contributed by atoms with Crippen LogP contribution in [0.1, 0.15) is 10.5 Å². The summed E-state index contributed by atoms with van der Waals surface area (Å²) < 4.78 is 5.37. The third-order valence-corrected chi connectivity index (χ3v) is 6.75. The van der Waals surface area contributed by atoms with Crippen LogP contribution in [0.4, 0.5) is 5.69 Å². The van der Waals surface area contributed by atoms with Crippen molar-refractivity contribution >= 4 is 33.4 Å². The number of aromatic nitrogens is 2. The standard InChI is InChI=1S/C29H26N4O2/c1-35-22-11-7-10-21(18-22)32-14-16-33(17-15-32)29(34)26-19-24-23-12-5-6-13-25(23)30-28(24)27(31-26)20-8-3-2-4-9-20/h2-13,18-19,30H,14-17H2,1H3. The molecule has 1 aliphatic rings. The fourth-order valence-electron chi connectivity index (χ4n) is 4.90. The summed E-state index contributed by atoms with van der Waals surface area (Å²) >= 11 is 0. The zero-order chi connectivity index (χ0) is 23.8. The highest BCUT2D eigenvalue weighted by Gasteiger charge is 2.25. The lowest BCUT2D eigenvalue weighted by Gasteiger charge is -2.36. The number of ether oxygens (including phenoxy) is 1. The molecule has 35 heavy (non-hydrogen) atoms. The number of pyridine rings is 1. The quantitative estimate of drug-likeness (QED) is 0.391. The number of para-hydroxylation sites is 1. The van der Waals surface area contributed by atoms with Gasteiger partial charge in [0.2, 0.25) is 0 Å². The topological polar surface area (TPSA) is 61.5 Å². The third-order valence-electron chi connectivity index (χ3n) is 6.75. The fourth-order valence-corrected chi connectivity index (χ4v) is 4.90. The molecule has 1 N–H and O–H groups in total. The number of nitrogens with one attached hydrogen (secondary N) is 1. The van der Waals surface area contributed by atoms with Crippen molar-refractivity contribution in [1.29, 1.82) is 0 Å². The molecule has 0 saturated carbocycles. The number of anilines is 1. The third kappa shape index (κ3) is 3.87. The highest BCUT2D eigenvalue weighted by atomic mass is 16.5. The molecule has 6 heteroatoms. The Bertz CT molecular complexity index is 1520. The maximum Gasteiger partial charge on any atom is 0.272 e. The van der Waals surface area contributed by atoms with E-state index < -0.39 is 0 Å². The first kappa shape index (κ1) is 21.2. The molecule has 3 heterocycles. The van der Waals surface area contributed by atoms with Crippen LogP contribution < -0.4 is 9.64 Å². The lowest BCUT2D eigenvalue weighted by Crippen LogP contribution is -2.49. The predicted octanol–water partition coefficient (Wildman–Crippen LogP) is 5.35. The minimum atomic E-state index is -0.0281. The van der Waals surface area contributed by atoms with Gasteiger partial charge in [0.05, 0.1) is 18.3 Å². The van der Waals surface area contributed by atoms with E-state index in [0.717, 1.165) is 57.6 Å². The molecule has 0 radical (unpaired) electrons. The zero-order valence-electron chi connectivity index (χ0n) is 19.6. The van der Waals surface area contributed by atoms with Gasteiger partial charge in [0, 0.05) is 59.8 Å². The zero-order valence-corrected chi connectivity index (χ0v) is 19.6. The summed E-state index contributed by atoms with van der Waals surface area (Å²) in [4.78, 5) is 26.3. The number of rotatable bonds is 4. The average molecular weight is 463 g/mol. The van der Waals surface area contributed by atoms with Crippen LogP contribution in [-0.2, 0) is 0 Å². The number of H-pyrrole nitrogens is 1. The number of nitrogens with zero attached hydrogens (tertiary/aromatic N) is 3. The first-order valence-corrected chi connectivity index (χ1v) is 11.9. The number of carbonyl (C=O) groups excluding carboxylic acids is 1. The molecule has 6 nitrogen and oxygen atoms in total. The minimum absolute atomic E-state index is 0.0281. The van der Waals surface area contributed by atoms with E-state index in [-0.39, 0.29) is 5.91 Å². The molecule has 0 bridgehead atoms. The molecule has 1 amide bonds. The summed E-state index contributed by atoms with van der Waals surface area (Å²) in [6.45, 7) is 2.81. The van der Waals surface area contributed by atoms with Gasteiger partial charge in [-0.25, -0.2) is 4.98 Å². The molecule has 0 spiro atoms. The Hall–Kier alpha value is -4.32. The van der Waals surface area contributed by atoms with Crippen molar-refractivity contribution in [3.05, 3.63) is 90.6 Å². The fraction of sp³-hybridized carbons (Fsp3) is 0.172. The van der Waals surface area contributed by atoms with Crippen molar-refractivity contribution in [3.8, 4) is 17.0 Å². The van der Waals surface area contributed by atoms with Gasteiger partial charge in [-0.05, 0) is 24.3 Å². The van der Waals surface area contributed by atoms with Crippen LogP contribution in [-0.4, -0.2) is 54.1 Å². The molecule has 0 unspecified atom stereocenters. The monoisotopic (exact) mass is 462 g/mol. The van der Waals surface area contributed by atoms with Gasteiger partial charge in [-0.15, -0.1) is 0 Å². The van der Waals surface area contributed by atoms with E-state index in [0.29, 0.717) is 18.8 Å². The Morgan fingerprint density at radius 2 is 1.63 bits per heavy atom. The molecular weight excluding hydrogens is 436 g/mol. The van der Waals surface area contributed by atoms with Crippen molar-refractivity contribution in [3.63, 3.8) is 0 Å². The van der Waals surface area contributed by atoms with Gasteiger partial charge < -0.3 is 19.5 Å². The molecule has 3 aromatic carbocycles. The Morgan fingerprint density at radius 1 is 0.857 bits per heavy atom. The number of carbonyl (C=O) groups is 1. The number of fused-ring (bicyclic) bond motifs is 3. The normalized spacial score (nSPS) is 14.0. The number of hydrogen-bond donors (Lipinski definition) is 1. The lowest BCUT2D eigenvalue weighted by molar-refractivity contribution is 0.0741. The maximum absolute atomic E-state index is 13.6. The summed E-state index contributed by atoms with van der Waals surface area (Å²) in [7, 11) is 1.68. The summed E-state index contributed by atoms with van der Waals surface area (Å²) in [5.41, 5.74) is 5.38. The number of aromatic amines is 1. The van der Waals surface area contributed by atoms with E-state index >= 15 is 0 Å². The molecule has 6 rings (SSSR count). The van der Waals surface area contributed by atoms with Gasteiger partial charge in [0.1, 0.15) is 11.4 Å². The van der Waals surface area contributed by atoms with E-state index in [2.05, 4.69) is 28.1 Å². The van der Waals surface area contributed by atoms with Crippen molar-refractivity contribution in [2.45, 2.75) is 0 Å². The first-order valence-electron chi connectivity index (χ1n) is 11.9. The van der Waals surface area contributed by atoms with Gasteiger partial charge in [-0.1, -0.05) is 54.6 Å². The van der Waals surface area contributed by atoms with E-state index in [1.54, 1.807) is 7.11 Å². The molecule has 1 saturated heterocycles. The Balaban J connectivity index is 1.33. The van der Waals surface area contributed by atoms with Crippen molar-refractivity contribution < 1.29 is 9.53 Å². The van der Waals surface area contributed by atoms with E-state index in [4.69, 9.17) is 9.72 Å². The van der Waals surface area contributed by atoms with Gasteiger partial charge in [0.15, 0.2) is 0 Å². The Labute approximate surface area is 203 Å². The van der Waals surface area contributed by atoms with Crippen LogP contribution in [0.25, 0.3) is 33.1 Å². The van der Waals surface area contributed by atoms with E-state index in [1.165, 1.54) is 0 Å². The maximum atomic E-state index is 13.6. The molecule has 0 atom stereocenters. The lowest BCUT2D eigenvalue weighted by atomic mass is 10.1. The number of hydrogen-bond acceptors (Lipinski definition) is 4. The molecule has 0 aliphatic carbocycles. The van der Waals surface area contributed by atoms with Crippen LogP contribution in [0.15, 0.2) is 84.9 Å². The highest BCUT2D eigenvalue weighted by Crippen LogP contribution is 2.33. The molecule has 2 aromatic heterocycles. The second kappa shape index (κ2) is 8.80. The van der Waals surface area contributed by atoms with Crippen LogP contribution in [0.2, 0.25) is 0 Å². The highest BCUT2D eigenvalue weighted by molar-refractivity contribution is 6.13. The van der Waals surface area contributed by atoms with Crippen molar-refractivity contribution in [2.24, 2.45) is 0 Å². The first-order chi connectivity index (χ1) is 17.2. The summed E-state index contributed by atoms with van der Waals surface area (Å²) in [5, 5.41) is 2.12. The smallest absolute Gasteiger partial charge is 0.272 e. The Morgan fingerprint density at radius 3 is 2.43 bits per heavy atom. The van der Waals surface area contributed by atoms with Crippen molar-refractivity contribution in [2.75, 3.05) is 38.2 Å². The van der Waals surface area contributed by atoms with Crippen molar-refractivity contribution in [1.82, 2.24) is 14.9 Å². The Kier molecular flexibility index (Phi) is 5.34. The van der Waals surface area contributed by atoms with Gasteiger partial charge in [-0.3, -0.25) is 4.79 Å². The average Bonchev–Trinajstić information content (AvgIpc) is 3.31. The van der Waals surface area contributed by atoms with Crippen LogP contribution in [0.3, 0.4) is 0 Å². The van der Waals surface area contributed by atoms with Gasteiger partial charge in [0.25, 0.3) is 5.91 Å². The predicted molar refractivity (Wildman–Crippen MR) is 140 cm³/mol. The molecule has 1 fully saturated rings. The van der Waals surface area contributed by atoms with Gasteiger partial charge in [-0.2, -0.15) is 0 Å². The number of amides is 1. The molecular formula is C29H26N4O2. The van der Waals surface area contributed by atoms with Crippen LogP contribution >= 0.6 is 0 Å². The van der Waals surface area contributed by atoms with Crippen LogP contribution in [0, 0.1) is 0 Å². The molecule has 5 aromatic rings. The van der Waals surface area contributed by atoms with Crippen LogP contribution in [0.5, 0.6) is 5.75 Å². The largest absolute Gasteiger partial charge is 0.497 e.